The van der Waals surface area contributed by atoms with Crippen molar-refractivity contribution in [3.63, 3.8) is 0 Å². The summed E-state index contributed by atoms with van der Waals surface area (Å²) in [5.41, 5.74) is 5.48. The second-order valence-corrected chi connectivity index (χ2v) is 9.27. The van der Waals surface area contributed by atoms with E-state index in [1.54, 1.807) is 0 Å². The van der Waals surface area contributed by atoms with Gasteiger partial charge in [-0.25, -0.2) is 0 Å². The Labute approximate surface area is 175 Å². The molecular weight excluding hydrogens is 358 g/mol. The van der Waals surface area contributed by atoms with E-state index in [1.165, 1.54) is 73.8 Å². The summed E-state index contributed by atoms with van der Waals surface area (Å²) in [5, 5.41) is 5.16. The largest absolute Gasteiger partial charge is 0.379 e. The van der Waals surface area contributed by atoms with Gasteiger partial charge in [0, 0.05) is 36.8 Å². The van der Waals surface area contributed by atoms with Crippen LogP contribution in [0.15, 0.2) is 30.5 Å². The maximum Gasteiger partial charge on any atom is 0.0733 e. The van der Waals surface area contributed by atoms with Crippen LogP contribution >= 0.6 is 0 Å². The normalized spacial score (nSPS) is 23.1. The molecule has 1 atom stereocenters. The van der Waals surface area contributed by atoms with Crippen LogP contribution in [0.4, 0.5) is 0 Å². The van der Waals surface area contributed by atoms with Gasteiger partial charge in [-0.3, -0.25) is 9.58 Å². The summed E-state index contributed by atoms with van der Waals surface area (Å²) in [5.74, 6) is 0.668. The molecule has 1 aliphatic heterocycles. The molecule has 2 aliphatic carbocycles. The van der Waals surface area contributed by atoms with Crippen LogP contribution in [0.25, 0.3) is 11.1 Å². The van der Waals surface area contributed by atoms with Gasteiger partial charge in [0.25, 0.3) is 0 Å². The molecule has 0 N–H and O–H groups in total. The van der Waals surface area contributed by atoms with E-state index in [-0.39, 0.29) is 0 Å². The molecule has 0 bridgehead atoms. The van der Waals surface area contributed by atoms with E-state index in [1.807, 2.05) is 0 Å². The van der Waals surface area contributed by atoms with Crippen LogP contribution in [0, 0.1) is 0 Å². The Morgan fingerprint density at radius 1 is 0.931 bits per heavy atom. The highest BCUT2D eigenvalue weighted by Gasteiger charge is 2.28. The van der Waals surface area contributed by atoms with E-state index >= 15 is 0 Å². The molecule has 1 unspecified atom stereocenters. The van der Waals surface area contributed by atoms with Gasteiger partial charge in [-0.2, -0.15) is 5.10 Å². The van der Waals surface area contributed by atoms with E-state index in [0.717, 1.165) is 26.3 Å². The number of hydrogen-bond acceptors (Lipinski definition) is 3. The van der Waals surface area contributed by atoms with Crippen molar-refractivity contribution in [1.29, 1.82) is 0 Å². The van der Waals surface area contributed by atoms with Gasteiger partial charge in [0.15, 0.2) is 0 Å². The summed E-state index contributed by atoms with van der Waals surface area (Å²) in [7, 11) is 0. The SMILES string of the molecule is CC(c1ccc(-c2cn(C3CCCCC3)nc2C2CCC2)cc1)N1CCOCC1. The third-order valence-electron chi connectivity index (χ3n) is 7.50. The number of ether oxygens (including phenoxy) is 1. The zero-order valence-corrected chi connectivity index (χ0v) is 17.9. The molecule has 0 amide bonds. The van der Waals surface area contributed by atoms with Gasteiger partial charge >= 0.3 is 0 Å². The smallest absolute Gasteiger partial charge is 0.0733 e. The molecule has 1 aromatic heterocycles. The van der Waals surface area contributed by atoms with Crippen molar-refractivity contribution in [3.05, 3.63) is 41.7 Å². The van der Waals surface area contributed by atoms with Crippen LogP contribution in [-0.4, -0.2) is 41.0 Å². The summed E-state index contributed by atoms with van der Waals surface area (Å²) in [4.78, 5) is 2.53. The molecule has 2 aromatic rings. The maximum absolute atomic E-state index is 5.52. The molecule has 1 saturated heterocycles. The van der Waals surface area contributed by atoms with Gasteiger partial charge < -0.3 is 4.74 Å². The highest BCUT2D eigenvalue weighted by atomic mass is 16.5. The number of morpholine rings is 1. The number of aromatic nitrogens is 2. The minimum atomic E-state index is 0.448. The molecule has 4 heteroatoms. The van der Waals surface area contributed by atoms with Crippen molar-refractivity contribution in [2.24, 2.45) is 0 Å². The minimum absolute atomic E-state index is 0.448. The topological polar surface area (TPSA) is 30.3 Å². The quantitative estimate of drug-likeness (QED) is 0.651. The first kappa shape index (κ1) is 19.3. The van der Waals surface area contributed by atoms with Crippen LogP contribution in [0.1, 0.15) is 87.5 Å². The molecule has 0 radical (unpaired) electrons. The lowest BCUT2D eigenvalue weighted by Gasteiger charge is -2.32. The molecule has 2 heterocycles. The van der Waals surface area contributed by atoms with Crippen LogP contribution in [0.3, 0.4) is 0 Å². The molecule has 29 heavy (non-hydrogen) atoms. The van der Waals surface area contributed by atoms with Crippen molar-refractivity contribution in [1.82, 2.24) is 14.7 Å². The molecule has 156 valence electrons. The molecule has 2 saturated carbocycles. The van der Waals surface area contributed by atoms with E-state index in [0.29, 0.717) is 18.0 Å². The van der Waals surface area contributed by atoms with Crippen molar-refractivity contribution in [2.75, 3.05) is 26.3 Å². The van der Waals surface area contributed by atoms with Crippen LogP contribution in [-0.2, 0) is 4.74 Å². The van der Waals surface area contributed by atoms with Crippen LogP contribution < -0.4 is 0 Å². The first-order valence-electron chi connectivity index (χ1n) is 11.8. The van der Waals surface area contributed by atoms with E-state index < -0.39 is 0 Å². The minimum Gasteiger partial charge on any atom is -0.379 e. The van der Waals surface area contributed by atoms with Crippen molar-refractivity contribution in [3.8, 4) is 11.1 Å². The Morgan fingerprint density at radius 3 is 2.31 bits per heavy atom. The molecule has 1 aromatic carbocycles. The molecule has 4 nitrogen and oxygen atoms in total. The summed E-state index contributed by atoms with van der Waals surface area (Å²) in [6, 6.07) is 10.4. The zero-order chi connectivity index (χ0) is 19.6. The van der Waals surface area contributed by atoms with Crippen LogP contribution in [0.5, 0.6) is 0 Å². The monoisotopic (exact) mass is 393 g/mol. The van der Waals surface area contributed by atoms with Crippen LogP contribution in [0.2, 0.25) is 0 Å². The number of rotatable bonds is 5. The predicted molar refractivity (Wildman–Crippen MR) is 117 cm³/mol. The summed E-state index contributed by atoms with van der Waals surface area (Å²) >= 11 is 0. The fourth-order valence-corrected chi connectivity index (χ4v) is 5.26. The highest BCUT2D eigenvalue weighted by Crippen LogP contribution is 2.42. The Bertz CT molecular complexity index is 796. The Balaban J connectivity index is 1.39. The molecular formula is C25H35N3O. The third kappa shape index (κ3) is 4.02. The van der Waals surface area contributed by atoms with Gasteiger partial charge in [-0.1, -0.05) is 49.9 Å². The van der Waals surface area contributed by atoms with Crippen molar-refractivity contribution < 1.29 is 4.74 Å². The number of hydrogen-bond donors (Lipinski definition) is 0. The molecule has 0 spiro atoms. The standard InChI is InChI=1S/C25H35N3O/c1-19(27-14-16-29-17-15-27)20-10-12-21(13-11-20)24-18-28(23-8-3-2-4-9-23)26-25(24)22-6-5-7-22/h10-13,18-19,22-23H,2-9,14-17H2,1H3. The Kier molecular flexibility index (Phi) is 5.74. The lowest BCUT2D eigenvalue weighted by atomic mass is 9.81. The number of benzene rings is 1. The first-order valence-corrected chi connectivity index (χ1v) is 11.8. The average molecular weight is 394 g/mol. The molecule has 5 rings (SSSR count). The van der Waals surface area contributed by atoms with Gasteiger partial charge in [0.05, 0.1) is 24.9 Å². The van der Waals surface area contributed by atoms with E-state index in [9.17, 15) is 0 Å². The second kappa shape index (κ2) is 8.61. The summed E-state index contributed by atoms with van der Waals surface area (Å²) in [6.07, 6.45) is 13.0. The van der Waals surface area contributed by atoms with E-state index in [4.69, 9.17) is 9.84 Å². The Hall–Kier alpha value is -1.65. The Morgan fingerprint density at radius 2 is 1.66 bits per heavy atom. The van der Waals surface area contributed by atoms with Gasteiger partial charge in [-0.05, 0) is 43.7 Å². The fraction of sp³-hybridized carbons (Fsp3) is 0.640. The third-order valence-corrected chi connectivity index (χ3v) is 7.50. The van der Waals surface area contributed by atoms with E-state index in [2.05, 4.69) is 47.0 Å². The molecule has 3 fully saturated rings. The van der Waals surface area contributed by atoms with Crippen molar-refractivity contribution >= 4 is 0 Å². The number of nitrogens with zero attached hydrogens (tertiary/aromatic N) is 3. The van der Waals surface area contributed by atoms with Crippen molar-refractivity contribution in [2.45, 2.75) is 76.3 Å². The fourth-order valence-electron chi connectivity index (χ4n) is 5.26. The maximum atomic E-state index is 5.52. The average Bonchev–Trinajstić information content (AvgIpc) is 3.18. The molecule has 3 aliphatic rings. The van der Waals surface area contributed by atoms with Gasteiger partial charge in [-0.15, -0.1) is 0 Å². The lowest BCUT2D eigenvalue weighted by Crippen LogP contribution is -2.37. The first-order chi connectivity index (χ1) is 14.3. The predicted octanol–water partition coefficient (Wildman–Crippen LogP) is 5.72. The van der Waals surface area contributed by atoms with Gasteiger partial charge in [0.2, 0.25) is 0 Å². The van der Waals surface area contributed by atoms with Gasteiger partial charge in [0.1, 0.15) is 0 Å². The summed E-state index contributed by atoms with van der Waals surface area (Å²) in [6.45, 7) is 6.09. The summed E-state index contributed by atoms with van der Waals surface area (Å²) < 4.78 is 7.84. The second-order valence-electron chi connectivity index (χ2n) is 9.27. The highest BCUT2D eigenvalue weighted by molar-refractivity contribution is 5.66. The lowest BCUT2D eigenvalue weighted by molar-refractivity contribution is 0.0198. The zero-order valence-electron chi connectivity index (χ0n) is 17.9.